The zero-order valence-electron chi connectivity index (χ0n) is 10.5. The molecular weight excluding hydrogens is 254 g/mol. The zero-order chi connectivity index (χ0) is 13.1. The molecular formula is C11H17N3O3S. The number of carbonyl (C=O) groups is 1. The van der Waals surface area contributed by atoms with Crippen molar-refractivity contribution in [3.05, 3.63) is 10.6 Å². The Labute approximate surface area is 110 Å². The molecule has 0 bridgehead atoms. The maximum absolute atomic E-state index is 12.4. The summed E-state index contributed by atoms with van der Waals surface area (Å²) in [6.45, 7) is 3.37. The second-order valence-electron chi connectivity index (χ2n) is 4.16. The first-order valence-corrected chi connectivity index (χ1v) is 6.63. The molecule has 0 radical (unpaired) electrons. The van der Waals surface area contributed by atoms with Gasteiger partial charge in [0.15, 0.2) is 5.13 Å². The molecule has 1 aromatic rings. The second-order valence-corrected chi connectivity index (χ2v) is 5.16. The SMILES string of the molecule is CNc1nc(C)c(C(=O)N2CCOCC(O)C2)s1. The Kier molecular flexibility index (Phi) is 4.15. The van der Waals surface area contributed by atoms with E-state index in [2.05, 4.69) is 10.3 Å². The second kappa shape index (κ2) is 5.64. The van der Waals surface area contributed by atoms with Gasteiger partial charge in [0.05, 0.1) is 25.0 Å². The Hall–Kier alpha value is -1.18. The van der Waals surface area contributed by atoms with E-state index >= 15 is 0 Å². The lowest BCUT2D eigenvalue weighted by molar-refractivity contribution is 0.0535. The first-order chi connectivity index (χ1) is 8.61. The van der Waals surface area contributed by atoms with E-state index in [1.807, 2.05) is 6.92 Å². The van der Waals surface area contributed by atoms with Crippen molar-refractivity contribution in [3.8, 4) is 0 Å². The summed E-state index contributed by atoms with van der Waals surface area (Å²) in [5.74, 6) is -0.0870. The number of aliphatic hydroxyl groups is 1. The van der Waals surface area contributed by atoms with E-state index in [-0.39, 0.29) is 12.5 Å². The maximum Gasteiger partial charge on any atom is 0.266 e. The van der Waals surface area contributed by atoms with Crippen LogP contribution >= 0.6 is 11.3 Å². The molecule has 0 aromatic carbocycles. The van der Waals surface area contributed by atoms with Crippen LogP contribution < -0.4 is 5.32 Å². The van der Waals surface area contributed by atoms with E-state index in [1.54, 1.807) is 11.9 Å². The Morgan fingerprint density at radius 3 is 3.11 bits per heavy atom. The van der Waals surface area contributed by atoms with Crippen LogP contribution in [0.2, 0.25) is 0 Å². The molecule has 2 heterocycles. The number of rotatable bonds is 2. The third kappa shape index (κ3) is 2.80. The fraction of sp³-hybridized carbons (Fsp3) is 0.636. The fourth-order valence-corrected chi connectivity index (χ4v) is 2.71. The summed E-state index contributed by atoms with van der Waals surface area (Å²) in [5.41, 5.74) is 0.717. The van der Waals surface area contributed by atoms with Crippen molar-refractivity contribution in [1.82, 2.24) is 9.88 Å². The smallest absolute Gasteiger partial charge is 0.266 e. The highest BCUT2D eigenvalue weighted by molar-refractivity contribution is 7.17. The van der Waals surface area contributed by atoms with Crippen LogP contribution in [0.5, 0.6) is 0 Å². The predicted octanol–water partition coefficient (Wildman–Crippen LogP) is 0.327. The number of carbonyl (C=O) groups excluding carboxylic acids is 1. The molecule has 6 nitrogen and oxygen atoms in total. The summed E-state index contributed by atoms with van der Waals surface area (Å²) in [6.07, 6.45) is -0.617. The van der Waals surface area contributed by atoms with E-state index in [1.165, 1.54) is 11.3 Å². The van der Waals surface area contributed by atoms with Crippen molar-refractivity contribution in [3.63, 3.8) is 0 Å². The zero-order valence-corrected chi connectivity index (χ0v) is 11.3. The third-order valence-corrected chi connectivity index (χ3v) is 3.90. The van der Waals surface area contributed by atoms with E-state index in [9.17, 15) is 9.90 Å². The lowest BCUT2D eigenvalue weighted by Crippen LogP contribution is -2.37. The van der Waals surface area contributed by atoms with Gasteiger partial charge in [-0.3, -0.25) is 4.79 Å². The largest absolute Gasteiger partial charge is 0.389 e. The van der Waals surface area contributed by atoms with Crippen LogP contribution in [0.4, 0.5) is 5.13 Å². The number of aryl methyl sites for hydroxylation is 1. The van der Waals surface area contributed by atoms with Crippen molar-refractivity contribution in [2.45, 2.75) is 13.0 Å². The standard InChI is InChI=1S/C11H17N3O3S/c1-7-9(18-11(12-2)13-7)10(16)14-3-4-17-6-8(15)5-14/h8,15H,3-6H2,1-2H3,(H,12,13). The number of hydrogen-bond donors (Lipinski definition) is 2. The van der Waals surface area contributed by atoms with Gasteiger partial charge in [0.25, 0.3) is 5.91 Å². The maximum atomic E-state index is 12.4. The molecule has 2 N–H and O–H groups in total. The number of hydrogen-bond acceptors (Lipinski definition) is 6. The van der Waals surface area contributed by atoms with Gasteiger partial charge >= 0.3 is 0 Å². The molecule has 0 spiro atoms. The van der Waals surface area contributed by atoms with E-state index in [0.717, 1.165) is 5.13 Å². The minimum atomic E-state index is -0.617. The van der Waals surface area contributed by atoms with Gasteiger partial charge in [0.2, 0.25) is 0 Å². The summed E-state index contributed by atoms with van der Waals surface area (Å²) in [7, 11) is 1.77. The molecule has 1 aliphatic rings. The number of nitrogens with zero attached hydrogens (tertiary/aromatic N) is 2. The van der Waals surface area contributed by atoms with Crippen LogP contribution in [0, 0.1) is 6.92 Å². The number of β-amino-alcohol motifs (C(OH)–C–C–N with tert-alkyl or cyclic N) is 1. The Morgan fingerprint density at radius 2 is 2.44 bits per heavy atom. The summed E-state index contributed by atoms with van der Waals surface area (Å²) in [4.78, 5) is 18.8. The van der Waals surface area contributed by atoms with E-state index in [4.69, 9.17) is 4.74 Å². The number of aliphatic hydroxyl groups excluding tert-OH is 1. The van der Waals surface area contributed by atoms with Crippen molar-refractivity contribution in [2.75, 3.05) is 38.7 Å². The molecule has 1 aliphatic heterocycles. The van der Waals surface area contributed by atoms with Crippen LogP contribution in [0.3, 0.4) is 0 Å². The Bertz CT molecular complexity index is 435. The van der Waals surface area contributed by atoms with Gasteiger partial charge in [0, 0.05) is 20.1 Å². The van der Waals surface area contributed by atoms with Crippen molar-refractivity contribution < 1.29 is 14.6 Å². The average Bonchev–Trinajstić information content (AvgIpc) is 2.59. The molecule has 1 unspecified atom stereocenters. The number of thiazole rings is 1. The highest BCUT2D eigenvalue weighted by Crippen LogP contribution is 2.23. The normalized spacial score (nSPS) is 20.6. The van der Waals surface area contributed by atoms with Crippen LogP contribution in [0.25, 0.3) is 0 Å². The number of ether oxygens (including phenoxy) is 1. The molecule has 0 saturated carbocycles. The average molecular weight is 271 g/mol. The minimum absolute atomic E-state index is 0.0870. The molecule has 100 valence electrons. The topological polar surface area (TPSA) is 74.7 Å². The number of nitrogens with one attached hydrogen (secondary N) is 1. The number of amides is 1. The molecule has 18 heavy (non-hydrogen) atoms. The highest BCUT2D eigenvalue weighted by atomic mass is 32.1. The van der Waals surface area contributed by atoms with Crippen molar-refractivity contribution in [1.29, 1.82) is 0 Å². The molecule has 1 aromatic heterocycles. The monoisotopic (exact) mass is 271 g/mol. The molecule has 0 aliphatic carbocycles. The third-order valence-electron chi connectivity index (χ3n) is 2.74. The minimum Gasteiger partial charge on any atom is -0.389 e. The molecule has 7 heteroatoms. The molecule has 1 atom stereocenters. The van der Waals surface area contributed by atoms with Gasteiger partial charge in [-0.15, -0.1) is 0 Å². The first-order valence-electron chi connectivity index (χ1n) is 5.82. The lowest BCUT2D eigenvalue weighted by atomic mass is 10.3. The van der Waals surface area contributed by atoms with E-state index in [0.29, 0.717) is 30.3 Å². The Balaban J connectivity index is 2.16. The molecule has 1 amide bonds. The molecule has 1 saturated heterocycles. The van der Waals surface area contributed by atoms with Crippen LogP contribution in [0.15, 0.2) is 0 Å². The molecule has 1 fully saturated rings. The van der Waals surface area contributed by atoms with Crippen LogP contribution in [-0.2, 0) is 4.74 Å². The van der Waals surface area contributed by atoms with Crippen molar-refractivity contribution in [2.24, 2.45) is 0 Å². The van der Waals surface area contributed by atoms with Gasteiger partial charge in [-0.05, 0) is 6.92 Å². The van der Waals surface area contributed by atoms with Crippen molar-refractivity contribution >= 4 is 22.4 Å². The number of aromatic nitrogens is 1. The van der Waals surface area contributed by atoms with Gasteiger partial charge < -0.3 is 20.1 Å². The lowest BCUT2D eigenvalue weighted by Gasteiger charge is -2.20. The van der Waals surface area contributed by atoms with Gasteiger partial charge in [0.1, 0.15) is 4.88 Å². The summed E-state index contributed by atoms with van der Waals surface area (Å²) in [5, 5.41) is 13.3. The van der Waals surface area contributed by atoms with Crippen LogP contribution in [-0.4, -0.2) is 60.4 Å². The van der Waals surface area contributed by atoms with Crippen LogP contribution in [0.1, 0.15) is 15.4 Å². The highest BCUT2D eigenvalue weighted by Gasteiger charge is 2.25. The molecule has 2 rings (SSSR count). The Morgan fingerprint density at radius 1 is 1.67 bits per heavy atom. The number of anilines is 1. The van der Waals surface area contributed by atoms with Gasteiger partial charge in [-0.2, -0.15) is 0 Å². The predicted molar refractivity (Wildman–Crippen MR) is 69.1 cm³/mol. The van der Waals surface area contributed by atoms with E-state index < -0.39 is 6.10 Å². The van der Waals surface area contributed by atoms with Gasteiger partial charge in [-0.25, -0.2) is 4.98 Å². The van der Waals surface area contributed by atoms with Gasteiger partial charge in [-0.1, -0.05) is 11.3 Å². The summed E-state index contributed by atoms with van der Waals surface area (Å²) >= 11 is 1.33. The quantitative estimate of drug-likeness (QED) is 0.810. The summed E-state index contributed by atoms with van der Waals surface area (Å²) in [6, 6.07) is 0. The first kappa shape index (κ1) is 13.3. The summed E-state index contributed by atoms with van der Waals surface area (Å²) < 4.78 is 5.21. The fourth-order valence-electron chi connectivity index (χ4n) is 1.82.